The van der Waals surface area contributed by atoms with E-state index in [0.717, 1.165) is 0 Å². The average Bonchev–Trinajstić information content (AvgIpc) is 2.26. The van der Waals surface area contributed by atoms with E-state index in [2.05, 4.69) is 20.6 Å². The number of aromatic nitrogens is 2. The molecule has 88 valence electrons. The van der Waals surface area contributed by atoms with E-state index in [1.54, 1.807) is 0 Å². The van der Waals surface area contributed by atoms with Crippen molar-refractivity contribution >= 4 is 17.5 Å². The number of rotatable bonds is 3. The summed E-state index contributed by atoms with van der Waals surface area (Å²) in [5.74, 6) is 0.607. The van der Waals surface area contributed by atoms with E-state index in [1.165, 1.54) is 0 Å². The van der Waals surface area contributed by atoms with Gasteiger partial charge in [0.1, 0.15) is 5.69 Å². The molecule has 2 rings (SSSR count). The number of nitrogens with two attached hydrogens (primary N) is 1. The quantitative estimate of drug-likeness (QED) is 0.557. The lowest BCUT2D eigenvalue weighted by atomic mass is 10.2. The SMILES string of the molecule is CCOCC1CNc2nc(N)[nH]c(=O)c2N1. The van der Waals surface area contributed by atoms with Crippen LogP contribution in [0.5, 0.6) is 0 Å². The van der Waals surface area contributed by atoms with Gasteiger partial charge in [0.25, 0.3) is 5.56 Å². The van der Waals surface area contributed by atoms with Crippen molar-refractivity contribution in [3.05, 3.63) is 10.4 Å². The number of aromatic amines is 1. The fourth-order valence-corrected chi connectivity index (χ4v) is 1.59. The van der Waals surface area contributed by atoms with Crippen molar-refractivity contribution in [1.82, 2.24) is 9.97 Å². The summed E-state index contributed by atoms with van der Waals surface area (Å²) < 4.78 is 5.29. The van der Waals surface area contributed by atoms with Gasteiger partial charge >= 0.3 is 0 Å². The van der Waals surface area contributed by atoms with Gasteiger partial charge in [-0.3, -0.25) is 9.78 Å². The Morgan fingerprint density at radius 3 is 3.19 bits per heavy atom. The number of hydrogen-bond donors (Lipinski definition) is 4. The Hall–Kier alpha value is -1.76. The minimum Gasteiger partial charge on any atom is -0.380 e. The highest BCUT2D eigenvalue weighted by Crippen LogP contribution is 2.19. The zero-order valence-electron chi connectivity index (χ0n) is 9.04. The summed E-state index contributed by atoms with van der Waals surface area (Å²) in [5, 5.41) is 6.13. The maximum atomic E-state index is 11.6. The Morgan fingerprint density at radius 2 is 2.44 bits per heavy atom. The standard InChI is InChI=1S/C9H15N5O2/c1-2-16-4-5-3-11-7-6(12-5)8(15)14-9(10)13-7/h5,12H,2-4H2,1H3,(H4,10,11,13,14,15). The van der Waals surface area contributed by atoms with Gasteiger partial charge in [-0.05, 0) is 6.92 Å². The van der Waals surface area contributed by atoms with Crippen LogP contribution in [0.1, 0.15) is 6.92 Å². The largest absolute Gasteiger partial charge is 0.380 e. The van der Waals surface area contributed by atoms with Gasteiger partial charge in [-0.2, -0.15) is 4.98 Å². The van der Waals surface area contributed by atoms with Crippen LogP contribution in [0.15, 0.2) is 4.79 Å². The lowest BCUT2D eigenvalue weighted by Crippen LogP contribution is -2.40. The van der Waals surface area contributed by atoms with Gasteiger partial charge in [0, 0.05) is 13.2 Å². The number of fused-ring (bicyclic) bond motifs is 1. The molecular weight excluding hydrogens is 210 g/mol. The van der Waals surface area contributed by atoms with Crippen molar-refractivity contribution in [2.75, 3.05) is 36.1 Å². The van der Waals surface area contributed by atoms with Gasteiger partial charge < -0.3 is 21.1 Å². The second-order valence-electron chi connectivity index (χ2n) is 3.56. The smallest absolute Gasteiger partial charge is 0.277 e. The van der Waals surface area contributed by atoms with E-state index in [-0.39, 0.29) is 17.5 Å². The molecule has 0 saturated carbocycles. The number of nitrogens with zero attached hydrogens (tertiary/aromatic N) is 1. The molecule has 2 heterocycles. The van der Waals surface area contributed by atoms with Gasteiger partial charge in [-0.1, -0.05) is 0 Å². The van der Waals surface area contributed by atoms with E-state index in [0.29, 0.717) is 31.3 Å². The number of ether oxygens (including phenoxy) is 1. The molecule has 1 atom stereocenters. The maximum absolute atomic E-state index is 11.6. The van der Waals surface area contributed by atoms with Gasteiger partial charge in [0.15, 0.2) is 5.82 Å². The van der Waals surface area contributed by atoms with Crippen LogP contribution in [-0.2, 0) is 4.74 Å². The van der Waals surface area contributed by atoms with Crippen LogP contribution in [0.3, 0.4) is 0 Å². The Labute approximate surface area is 92.4 Å². The number of nitrogen functional groups attached to an aromatic ring is 1. The molecule has 1 aromatic heterocycles. The zero-order valence-corrected chi connectivity index (χ0v) is 9.04. The molecule has 0 amide bonds. The summed E-state index contributed by atoms with van der Waals surface area (Å²) in [7, 11) is 0. The highest BCUT2D eigenvalue weighted by molar-refractivity contribution is 5.67. The predicted octanol–water partition coefficient (Wildman–Crippen LogP) is -0.405. The average molecular weight is 225 g/mol. The summed E-state index contributed by atoms with van der Waals surface area (Å²) >= 11 is 0. The van der Waals surface area contributed by atoms with Crippen molar-refractivity contribution in [2.24, 2.45) is 0 Å². The summed E-state index contributed by atoms with van der Waals surface area (Å²) in [6.45, 7) is 3.79. The van der Waals surface area contributed by atoms with Gasteiger partial charge in [-0.15, -0.1) is 0 Å². The minimum absolute atomic E-state index is 0.0685. The van der Waals surface area contributed by atoms with Gasteiger partial charge in [0.2, 0.25) is 5.95 Å². The Kier molecular flexibility index (Phi) is 2.95. The molecule has 1 aromatic rings. The van der Waals surface area contributed by atoms with Crippen LogP contribution in [0.25, 0.3) is 0 Å². The summed E-state index contributed by atoms with van der Waals surface area (Å²) in [4.78, 5) is 18.0. The molecule has 0 spiro atoms. The second kappa shape index (κ2) is 4.40. The molecule has 7 nitrogen and oxygen atoms in total. The first-order valence-corrected chi connectivity index (χ1v) is 5.18. The van der Waals surface area contributed by atoms with E-state index >= 15 is 0 Å². The zero-order chi connectivity index (χ0) is 11.5. The molecule has 1 aliphatic heterocycles. The van der Waals surface area contributed by atoms with Crippen LogP contribution < -0.4 is 21.9 Å². The van der Waals surface area contributed by atoms with Crippen molar-refractivity contribution in [3.63, 3.8) is 0 Å². The number of nitrogens with one attached hydrogen (secondary N) is 3. The molecule has 16 heavy (non-hydrogen) atoms. The van der Waals surface area contributed by atoms with Gasteiger partial charge in [-0.25, -0.2) is 0 Å². The number of anilines is 3. The highest BCUT2D eigenvalue weighted by atomic mass is 16.5. The normalized spacial score (nSPS) is 18.4. The van der Waals surface area contributed by atoms with Crippen molar-refractivity contribution in [3.8, 4) is 0 Å². The van der Waals surface area contributed by atoms with Crippen molar-refractivity contribution < 1.29 is 4.74 Å². The molecular formula is C9H15N5O2. The molecule has 0 saturated heterocycles. The highest BCUT2D eigenvalue weighted by Gasteiger charge is 2.21. The summed E-state index contributed by atoms with van der Waals surface area (Å²) in [5.41, 5.74) is 5.59. The fraction of sp³-hybridized carbons (Fsp3) is 0.556. The number of H-pyrrole nitrogens is 1. The van der Waals surface area contributed by atoms with Crippen LogP contribution in [-0.4, -0.2) is 35.8 Å². The summed E-state index contributed by atoms with van der Waals surface area (Å²) in [6.07, 6.45) is 0. The van der Waals surface area contributed by atoms with E-state index in [9.17, 15) is 4.79 Å². The molecule has 0 bridgehead atoms. The monoisotopic (exact) mass is 225 g/mol. The first-order chi connectivity index (χ1) is 7.70. The molecule has 0 fully saturated rings. The third kappa shape index (κ3) is 2.08. The fourth-order valence-electron chi connectivity index (χ4n) is 1.59. The molecule has 0 radical (unpaired) electrons. The first-order valence-electron chi connectivity index (χ1n) is 5.18. The molecule has 0 aromatic carbocycles. The topological polar surface area (TPSA) is 105 Å². The molecule has 7 heteroatoms. The second-order valence-corrected chi connectivity index (χ2v) is 3.56. The molecule has 0 aliphatic carbocycles. The molecule has 5 N–H and O–H groups in total. The lowest BCUT2D eigenvalue weighted by Gasteiger charge is -2.26. The Morgan fingerprint density at radius 1 is 1.62 bits per heavy atom. The van der Waals surface area contributed by atoms with Gasteiger partial charge in [0.05, 0.1) is 12.6 Å². The first kappa shape index (κ1) is 10.7. The van der Waals surface area contributed by atoms with Crippen LogP contribution in [0.4, 0.5) is 17.5 Å². The molecule has 1 aliphatic rings. The Bertz CT molecular complexity index is 430. The van der Waals surface area contributed by atoms with Crippen molar-refractivity contribution in [2.45, 2.75) is 13.0 Å². The Balaban J connectivity index is 2.17. The maximum Gasteiger partial charge on any atom is 0.277 e. The van der Waals surface area contributed by atoms with Crippen LogP contribution >= 0.6 is 0 Å². The van der Waals surface area contributed by atoms with E-state index in [4.69, 9.17) is 10.5 Å². The third-order valence-corrected chi connectivity index (χ3v) is 2.33. The van der Waals surface area contributed by atoms with Crippen molar-refractivity contribution in [1.29, 1.82) is 0 Å². The third-order valence-electron chi connectivity index (χ3n) is 2.33. The van der Waals surface area contributed by atoms with E-state index in [1.807, 2.05) is 6.92 Å². The predicted molar refractivity (Wildman–Crippen MR) is 61.7 cm³/mol. The summed E-state index contributed by atoms with van der Waals surface area (Å²) in [6, 6.07) is 0.0685. The lowest BCUT2D eigenvalue weighted by molar-refractivity contribution is 0.139. The minimum atomic E-state index is -0.267. The molecule has 1 unspecified atom stereocenters. The number of hydrogen-bond acceptors (Lipinski definition) is 6. The van der Waals surface area contributed by atoms with E-state index < -0.39 is 0 Å². The van der Waals surface area contributed by atoms with Crippen LogP contribution in [0.2, 0.25) is 0 Å². The van der Waals surface area contributed by atoms with Crippen LogP contribution in [0, 0.1) is 0 Å².